The highest BCUT2D eigenvalue weighted by molar-refractivity contribution is 5.76. The van der Waals surface area contributed by atoms with Gasteiger partial charge >= 0.3 is 0 Å². The summed E-state index contributed by atoms with van der Waals surface area (Å²) in [5.74, 6) is 2.87. The molecule has 2 rings (SSSR count). The number of nitrogens with two attached hydrogens (primary N) is 1. The predicted molar refractivity (Wildman–Crippen MR) is 72.5 cm³/mol. The molecule has 116 valence electrons. The average Bonchev–Trinajstić information content (AvgIpc) is 2.50. The average molecular weight is 301 g/mol. The Hall–Kier alpha value is -2.00. The van der Waals surface area contributed by atoms with E-state index in [2.05, 4.69) is 10.3 Å². The molecule has 1 aromatic heterocycles. The zero-order chi connectivity index (χ0) is 15.2. The fourth-order valence-electron chi connectivity index (χ4n) is 1.95. The highest BCUT2D eigenvalue weighted by Crippen LogP contribution is 2.18. The van der Waals surface area contributed by atoms with Crippen LogP contribution in [0.5, 0.6) is 0 Å². The van der Waals surface area contributed by atoms with Gasteiger partial charge in [0.1, 0.15) is 0 Å². The lowest BCUT2D eigenvalue weighted by atomic mass is 10.3. The van der Waals surface area contributed by atoms with E-state index < -0.39 is 11.6 Å². The molecule has 1 fully saturated rings. The first-order chi connectivity index (χ1) is 10.1. The Kier molecular flexibility index (Phi) is 5.23. The third-order valence-electron chi connectivity index (χ3n) is 3.06. The number of ether oxygens (including phenoxy) is 1. The van der Waals surface area contributed by atoms with E-state index in [0.29, 0.717) is 32.4 Å². The molecule has 0 aromatic carbocycles. The van der Waals surface area contributed by atoms with Gasteiger partial charge in [-0.1, -0.05) is 0 Å². The van der Waals surface area contributed by atoms with E-state index in [1.165, 1.54) is 0 Å². The monoisotopic (exact) mass is 301 g/mol. The summed E-state index contributed by atoms with van der Waals surface area (Å²) in [6.45, 7) is 2.36. The van der Waals surface area contributed by atoms with Gasteiger partial charge in [0.25, 0.3) is 0 Å². The number of hydrogen-bond acceptors (Lipinski definition) is 6. The second-order valence-corrected chi connectivity index (χ2v) is 4.46. The Balaban J connectivity index is 1.86. The van der Waals surface area contributed by atoms with Crippen LogP contribution in [0, 0.1) is 11.6 Å². The van der Waals surface area contributed by atoms with E-state index in [9.17, 15) is 13.6 Å². The van der Waals surface area contributed by atoms with Gasteiger partial charge in [-0.2, -0.15) is 0 Å². The van der Waals surface area contributed by atoms with Gasteiger partial charge in [-0.15, -0.1) is 0 Å². The normalized spacial score (nSPS) is 14.9. The summed E-state index contributed by atoms with van der Waals surface area (Å²) in [5.41, 5.74) is 2.03. The minimum absolute atomic E-state index is 0.0505. The third kappa shape index (κ3) is 3.99. The van der Waals surface area contributed by atoms with Gasteiger partial charge in [-0.3, -0.25) is 4.79 Å². The van der Waals surface area contributed by atoms with Gasteiger partial charge in [0.05, 0.1) is 13.2 Å². The molecule has 0 unspecified atom stereocenters. The van der Waals surface area contributed by atoms with Gasteiger partial charge in [0, 0.05) is 32.1 Å². The Morgan fingerprint density at radius 1 is 1.33 bits per heavy atom. The van der Waals surface area contributed by atoms with Crippen LogP contribution in [0.1, 0.15) is 6.42 Å². The van der Waals surface area contributed by atoms with Crippen LogP contribution in [-0.4, -0.2) is 48.6 Å². The molecular weight excluding hydrogens is 284 g/mol. The minimum Gasteiger partial charge on any atom is -0.378 e. The first-order valence-corrected chi connectivity index (χ1v) is 6.54. The van der Waals surface area contributed by atoms with Crippen LogP contribution >= 0.6 is 0 Å². The smallest absolute Gasteiger partial charge is 0.224 e. The highest BCUT2D eigenvalue weighted by atomic mass is 19.1. The standard InChI is InChI=1S/C12H17F2N5O2/c13-8-7-9(14)12(18-15)17-11(8)16-2-1-10(20)19-3-5-21-6-4-19/h7H,1-6,15H2,(H2,16,17,18). The van der Waals surface area contributed by atoms with Gasteiger partial charge in [0.15, 0.2) is 23.3 Å². The number of nitrogens with zero attached hydrogens (tertiary/aromatic N) is 2. The van der Waals surface area contributed by atoms with Crippen molar-refractivity contribution >= 4 is 17.5 Å². The molecule has 0 saturated carbocycles. The van der Waals surface area contributed by atoms with E-state index in [1.807, 2.05) is 5.43 Å². The maximum absolute atomic E-state index is 13.5. The van der Waals surface area contributed by atoms with Gasteiger partial charge in [0.2, 0.25) is 5.91 Å². The number of amides is 1. The minimum atomic E-state index is -0.884. The number of nitrogens with one attached hydrogen (secondary N) is 2. The topological polar surface area (TPSA) is 92.5 Å². The first kappa shape index (κ1) is 15.4. The number of pyridine rings is 1. The van der Waals surface area contributed by atoms with Crippen molar-refractivity contribution in [1.82, 2.24) is 9.88 Å². The molecule has 1 aromatic rings. The Morgan fingerprint density at radius 2 is 2.00 bits per heavy atom. The summed E-state index contributed by atoms with van der Waals surface area (Å²) < 4.78 is 31.8. The summed E-state index contributed by atoms with van der Waals surface area (Å²) in [5, 5.41) is 2.66. The maximum Gasteiger partial charge on any atom is 0.224 e. The number of carbonyl (C=O) groups is 1. The number of morpholine rings is 1. The summed E-state index contributed by atoms with van der Waals surface area (Å²) in [6, 6.07) is 0.675. The lowest BCUT2D eigenvalue weighted by Crippen LogP contribution is -2.41. The molecule has 1 amide bonds. The van der Waals surface area contributed by atoms with Crippen LogP contribution in [0.25, 0.3) is 0 Å². The molecule has 0 spiro atoms. The lowest BCUT2D eigenvalue weighted by Gasteiger charge is -2.26. The van der Waals surface area contributed by atoms with Crippen molar-refractivity contribution in [2.45, 2.75) is 6.42 Å². The van der Waals surface area contributed by atoms with Crippen LogP contribution in [-0.2, 0) is 9.53 Å². The Bertz CT molecular complexity index is 509. The molecule has 0 atom stereocenters. The van der Waals surface area contributed by atoms with Crippen molar-refractivity contribution in [1.29, 1.82) is 0 Å². The first-order valence-electron chi connectivity index (χ1n) is 6.54. The zero-order valence-corrected chi connectivity index (χ0v) is 11.4. The van der Waals surface area contributed by atoms with Crippen LogP contribution in [0.4, 0.5) is 20.4 Å². The van der Waals surface area contributed by atoms with Crippen molar-refractivity contribution in [2.75, 3.05) is 43.6 Å². The van der Waals surface area contributed by atoms with Gasteiger partial charge in [-0.25, -0.2) is 19.6 Å². The molecular formula is C12H17F2N5O2. The molecule has 1 aliphatic rings. The number of hydrazine groups is 1. The number of rotatable bonds is 5. The predicted octanol–water partition coefficient (Wildman–Crippen LogP) is 0.306. The second kappa shape index (κ2) is 7.14. The third-order valence-corrected chi connectivity index (χ3v) is 3.06. The lowest BCUT2D eigenvalue weighted by molar-refractivity contribution is -0.134. The molecule has 2 heterocycles. The van der Waals surface area contributed by atoms with Gasteiger partial charge < -0.3 is 20.4 Å². The van der Waals surface area contributed by atoms with Gasteiger partial charge in [-0.05, 0) is 0 Å². The van der Waals surface area contributed by atoms with Crippen LogP contribution in [0.15, 0.2) is 6.07 Å². The number of aromatic nitrogens is 1. The van der Waals surface area contributed by atoms with E-state index in [-0.39, 0.29) is 30.5 Å². The van der Waals surface area contributed by atoms with Crippen LogP contribution in [0.3, 0.4) is 0 Å². The maximum atomic E-state index is 13.5. The van der Waals surface area contributed by atoms with Crippen molar-refractivity contribution in [3.05, 3.63) is 17.7 Å². The number of halogens is 2. The van der Waals surface area contributed by atoms with Crippen LogP contribution in [0.2, 0.25) is 0 Å². The number of carbonyl (C=O) groups excluding carboxylic acids is 1. The number of hydrogen-bond donors (Lipinski definition) is 3. The van der Waals surface area contributed by atoms with Crippen molar-refractivity contribution in [3.8, 4) is 0 Å². The van der Waals surface area contributed by atoms with E-state index in [0.717, 1.165) is 0 Å². The Morgan fingerprint density at radius 3 is 2.67 bits per heavy atom. The quantitative estimate of drug-likeness (QED) is 0.535. The summed E-state index contributed by atoms with van der Waals surface area (Å²) >= 11 is 0. The summed E-state index contributed by atoms with van der Waals surface area (Å²) in [6.07, 6.45) is 0.184. The molecule has 0 aliphatic carbocycles. The van der Waals surface area contributed by atoms with Crippen molar-refractivity contribution in [2.24, 2.45) is 5.84 Å². The molecule has 4 N–H and O–H groups in total. The SMILES string of the molecule is NNc1nc(NCCC(=O)N2CCOCC2)c(F)cc1F. The summed E-state index contributed by atoms with van der Waals surface area (Å²) in [7, 11) is 0. The molecule has 1 aliphatic heterocycles. The number of anilines is 2. The molecule has 9 heteroatoms. The fraction of sp³-hybridized carbons (Fsp3) is 0.500. The fourth-order valence-corrected chi connectivity index (χ4v) is 1.95. The highest BCUT2D eigenvalue weighted by Gasteiger charge is 2.17. The molecule has 0 bridgehead atoms. The van der Waals surface area contributed by atoms with E-state index >= 15 is 0 Å². The number of nitrogen functional groups attached to an aromatic ring is 1. The molecule has 7 nitrogen and oxygen atoms in total. The molecule has 1 saturated heterocycles. The Labute approximate surface area is 120 Å². The molecule has 0 radical (unpaired) electrons. The van der Waals surface area contributed by atoms with Crippen molar-refractivity contribution in [3.63, 3.8) is 0 Å². The zero-order valence-electron chi connectivity index (χ0n) is 11.4. The summed E-state index contributed by atoms with van der Waals surface area (Å²) in [4.78, 5) is 17.2. The largest absolute Gasteiger partial charge is 0.378 e. The van der Waals surface area contributed by atoms with Crippen molar-refractivity contribution < 1.29 is 18.3 Å². The second-order valence-electron chi connectivity index (χ2n) is 4.46. The van der Waals surface area contributed by atoms with Crippen LogP contribution < -0.4 is 16.6 Å². The van der Waals surface area contributed by atoms with E-state index in [4.69, 9.17) is 10.6 Å². The molecule has 21 heavy (non-hydrogen) atoms. The van der Waals surface area contributed by atoms with E-state index in [1.54, 1.807) is 4.90 Å².